The lowest BCUT2D eigenvalue weighted by molar-refractivity contribution is 0.242. The molecule has 0 radical (unpaired) electrons. The lowest BCUT2D eigenvalue weighted by Crippen LogP contribution is -2.41. The van der Waals surface area contributed by atoms with E-state index in [0.29, 0.717) is 5.92 Å². The van der Waals surface area contributed by atoms with Crippen LogP contribution in [-0.2, 0) is 0 Å². The normalized spacial score (nSPS) is 18.1. The smallest absolute Gasteiger partial charge is 0.0599 e. The van der Waals surface area contributed by atoms with E-state index in [1.165, 1.54) is 19.4 Å². The minimum absolute atomic E-state index is 0.210. The largest absolute Gasteiger partial charge is 0.312 e. The third-order valence-electron chi connectivity index (χ3n) is 3.08. The van der Waals surface area contributed by atoms with Crippen molar-refractivity contribution < 1.29 is 0 Å². The van der Waals surface area contributed by atoms with Crippen molar-refractivity contribution in [2.75, 3.05) is 26.2 Å². The van der Waals surface area contributed by atoms with Gasteiger partial charge in [0, 0.05) is 18.6 Å². The molecule has 0 spiro atoms. The van der Waals surface area contributed by atoms with Crippen LogP contribution in [0.25, 0.3) is 0 Å². The van der Waals surface area contributed by atoms with Gasteiger partial charge in [-0.25, -0.2) is 0 Å². The van der Waals surface area contributed by atoms with Gasteiger partial charge >= 0.3 is 0 Å². The van der Waals surface area contributed by atoms with Crippen LogP contribution in [0.4, 0.5) is 0 Å². The van der Waals surface area contributed by atoms with Crippen molar-refractivity contribution in [3.05, 3.63) is 0 Å². The van der Waals surface area contributed by atoms with Crippen LogP contribution >= 0.6 is 0 Å². The predicted octanol–water partition coefficient (Wildman–Crippen LogP) is 2.36. The topological polar surface area (TPSA) is 15.3 Å². The van der Waals surface area contributed by atoms with E-state index in [1.807, 2.05) is 0 Å². The van der Waals surface area contributed by atoms with Gasteiger partial charge in [-0.15, -0.1) is 6.42 Å². The molecule has 2 heteroatoms. The molecule has 2 nitrogen and oxygen atoms in total. The highest BCUT2D eigenvalue weighted by Gasteiger charge is 2.24. The molecule has 17 heavy (non-hydrogen) atoms. The van der Waals surface area contributed by atoms with Crippen LogP contribution < -0.4 is 5.32 Å². The highest BCUT2D eigenvalue weighted by Crippen LogP contribution is 2.29. The molecule has 0 saturated heterocycles. The molecule has 1 atom stereocenters. The van der Waals surface area contributed by atoms with Crippen molar-refractivity contribution in [3.63, 3.8) is 0 Å². The zero-order valence-corrected chi connectivity index (χ0v) is 11.9. The van der Waals surface area contributed by atoms with Crippen molar-refractivity contribution in [1.82, 2.24) is 10.2 Å². The fourth-order valence-corrected chi connectivity index (χ4v) is 1.98. The Morgan fingerprint density at radius 2 is 2.06 bits per heavy atom. The second-order valence-corrected chi connectivity index (χ2v) is 6.58. The van der Waals surface area contributed by atoms with E-state index in [4.69, 9.17) is 6.42 Å². The molecule has 0 aliphatic heterocycles. The molecule has 0 aromatic carbocycles. The summed E-state index contributed by atoms with van der Waals surface area (Å²) in [6.45, 7) is 13.1. The van der Waals surface area contributed by atoms with Gasteiger partial charge in [0.1, 0.15) is 0 Å². The standard InChI is InChI=1S/C15H28N2/c1-6-9-17(12-14-7-8-14)11-13(2)10-16-15(3,4)5/h1,13-14,16H,7-12H2,2-5H3. The molecule has 98 valence electrons. The Labute approximate surface area is 107 Å². The molecule has 1 fully saturated rings. The molecule has 0 bridgehead atoms. The minimum atomic E-state index is 0.210. The van der Waals surface area contributed by atoms with Gasteiger partial charge in [0.25, 0.3) is 0 Å². The fraction of sp³-hybridized carbons (Fsp3) is 0.867. The zero-order chi connectivity index (χ0) is 12.9. The van der Waals surface area contributed by atoms with E-state index in [0.717, 1.165) is 25.6 Å². The number of terminal acetylenes is 1. The molecule has 1 N–H and O–H groups in total. The van der Waals surface area contributed by atoms with Crippen LogP contribution in [0.1, 0.15) is 40.5 Å². The lowest BCUT2D eigenvalue weighted by Gasteiger charge is -2.27. The average molecular weight is 236 g/mol. The van der Waals surface area contributed by atoms with Gasteiger partial charge < -0.3 is 5.32 Å². The van der Waals surface area contributed by atoms with Gasteiger partial charge in [-0.05, 0) is 52.0 Å². The summed E-state index contributed by atoms with van der Waals surface area (Å²) < 4.78 is 0. The van der Waals surface area contributed by atoms with Crippen LogP contribution in [0.5, 0.6) is 0 Å². The van der Waals surface area contributed by atoms with Crippen LogP contribution in [0.3, 0.4) is 0 Å². The van der Waals surface area contributed by atoms with Gasteiger partial charge in [0.15, 0.2) is 0 Å². The van der Waals surface area contributed by atoms with E-state index in [2.05, 4.69) is 43.8 Å². The quantitative estimate of drug-likeness (QED) is 0.683. The van der Waals surface area contributed by atoms with Crippen molar-refractivity contribution >= 4 is 0 Å². The maximum Gasteiger partial charge on any atom is 0.0599 e. The first-order valence-corrected chi connectivity index (χ1v) is 6.81. The first-order valence-electron chi connectivity index (χ1n) is 6.81. The zero-order valence-electron chi connectivity index (χ0n) is 11.9. The van der Waals surface area contributed by atoms with Crippen LogP contribution in [0.15, 0.2) is 0 Å². The molecular formula is C15H28N2. The van der Waals surface area contributed by atoms with Crippen molar-refractivity contribution in [3.8, 4) is 12.3 Å². The first kappa shape index (κ1) is 14.5. The third kappa shape index (κ3) is 7.41. The summed E-state index contributed by atoms with van der Waals surface area (Å²) >= 11 is 0. The molecule has 1 unspecified atom stereocenters. The monoisotopic (exact) mass is 236 g/mol. The van der Waals surface area contributed by atoms with E-state index < -0.39 is 0 Å². The minimum Gasteiger partial charge on any atom is -0.312 e. The number of hydrogen-bond donors (Lipinski definition) is 1. The summed E-state index contributed by atoms with van der Waals surface area (Å²) in [5, 5.41) is 3.56. The van der Waals surface area contributed by atoms with Gasteiger partial charge in [-0.2, -0.15) is 0 Å². The number of rotatable bonds is 7. The molecule has 1 aliphatic carbocycles. The Morgan fingerprint density at radius 3 is 2.53 bits per heavy atom. The summed E-state index contributed by atoms with van der Waals surface area (Å²) in [7, 11) is 0. The Bertz CT molecular complexity index is 255. The van der Waals surface area contributed by atoms with Crippen molar-refractivity contribution in [2.24, 2.45) is 11.8 Å². The van der Waals surface area contributed by atoms with Crippen LogP contribution in [0, 0.1) is 24.2 Å². The second-order valence-electron chi connectivity index (χ2n) is 6.58. The highest BCUT2D eigenvalue weighted by molar-refractivity contribution is 4.90. The summed E-state index contributed by atoms with van der Waals surface area (Å²) in [5.41, 5.74) is 0.210. The van der Waals surface area contributed by atoms with Crippen molar-refractivity contribution in [2.45, 2.75) is 46.1 Å². The summed E-state index contributed by atoms with van der Waals surface area (Å²) in [5.74, 6) is 4.36. The first-order chi connectivity index (χ1) is 7.90. The molecule has 0 aromatic heterocycles. The van der Waals surface area contributed by atoms with E-state index >= 15 is 0 Å². The Kier molecular flexibility index (Phi) is 5.49. The molecule has 0 aromatic rings. The van der Waals surface area contributed by atoms with Crippen molar-refractivity contribution in [1.29, 1.82) is 0 Å². The lowest BCUT2D eigenvalue weighted by atomic mass is 10.1. The fourth-order valence-electron chi connectivity index (χ4n) is 1.98. The summed E-state index contributed by atoms with van der Waals surface area (Å²) in [6.07, 6.45) is 8.23. The van der Waals surface area contributed by atoms with Crippen LogP contribution in [0.2, 0.25) is 0 Å². The Balaban J connectivity index is 2.25. The molecule has 1 saturated carbocycles. The molecule has 0 heterocycles. The molecule has 1 rings (SSSR count). The number of nitrogens with zero attached hydrogens (tertiary/aromatic N) is 1. The Hall–Kier alpha value is -0.520. The Morgan fingerprint density at radius 1 is 1.41 bits per heavy atom. The van der Waals surface area contributed by atoms with Gasteiger partial charge in [-0.1, -0.05) is 12.8 Å². The molecular weight excluding hydrogens is 208 g/mol. The predicted molar refractivity (Wildman–Crippen MR) is 74.9 cm³/mol. The van der Waals surface area contributed by atoms with Gasteiger partial charge in [0.2, 0.25) is 0 Å². The number of hydrogen-bond acceptors (Lipinski definition) is 2. The SMILES string of the molecule is C#CCN(CC(C)CNC(C)(C)C)CC1CC1. The maximum absolute atomic E-state index is 5.44. The van der Waals surface area contributed by atoms with E-state index in [9.17, 15) is 0 Å². The summed E-state index contributed by atoms with van der Waals surface area (Å²) in [6, 6.07) is 0. The molecule has 1 aliphatic rings. The summed E-state index contributed by atoms with van der Waals surface area (Å²) in [4.78, 5) is 2.44. The van der Waals surface area contributed by atoms with Gasteiger partial charge in [0.05, 0.1) is 6.54 Å². The average Bonchev–Trinajstić information content (AvgIpc) is 2.98. The molecule has 0 amide bonds. The van der Waals surface area contributed by atoms with Gasteiger partial charge in [-0.3, -0.25) is 4.90 Å². The highest BCUT2D eigenvalue weighted by atomic mass is 15.1. The van der Waals surface area contributed by atoms with E-state index in [1.54, 1.807) is 0 Å². The number of nitrogens with one attached hydrogen (secondary N) is 1. The second kappa shape index (κ2) is 6.42. The van der Waals surface area contributed by atoms with Crippen LogP contribution in [-0.4, -0.2) is 36.6 Å². The van der Waals surface area contributed by atoms with E-state index in [-0.39, 0.29) is 5.54 Å². The maximum atomic E-state index is 5.44. The third-order valence-corrected chi connectivity index (χ3v) is 3.08.